The summed E-state index contributed by atoms with van der Waals surface area (Å²) in [7, 11) is 0. The number of nitrogens with zero attached hydrogens (tertiary/aromatic N) is 2. The van der Waals surface area contributed by atoms with Gasteiger partial charge in [-0.05, 0) is 56.5 Å². The molecule has 0 saturated heterocycles. The molecule has 160 valence electrons. The summed E-state index contributed by atoms with van der Waals surface area (Å²) in [6.07, 6.45) is 1.65. The third-order valence-corrected chi connectivity index (χ3v) is 6.88. The Kier molecular flexibility index (Phi) is 5.06. The van der Waals surface area contributed by atoms with Gasteiger partial charge in [-0.1, -0.05) is 18.2 Å². The first-order chi connectivity index (χ1) is 15.1. The molecule has 0 unspecified atom stereocenters. The fourth-order valence-corrected chi connectivity index (χ4v) is 4.79. The van der Waals surface area contributed by atoms with Crippen molar-refractivity contribution in [3.63, 3.8) is 0 Å². The van der Waals surface area contributed by atoms with E-state index >= 15 is 0 Å². The summed E-state index contributed by atoms with van der Waals surface area (Å²) in [6.45, 7) is 6.50. The number of aromatic nitrogens is 1. The summed E-state index contributed by atoms with van der Waals surface area (Å²) < 4.78 is 10.9. The van der Waals surface area contributed by atoms with Crippen LogP contribution in [-0.2, 0) is 10.2 Å². The lowest BCUT2D eigenvalue weighted by molar-refractivity contribution is -0.118. The van der Waals surface area contributed by atoms with Crippen LogP contribution in [0.5, 0.6) is 11.5 Å². The molecule has 2 heterocycles. The molecule has 7 heteroatoms. The maximum atomic E-state index is 13.1. The maximum absolute atomic E-state index is 13.1. The van der Waals surface area contributed by atoms with E-state index in [1.807, 2.05) is 23.6 Å². The lowest BCUT2D eigenvalue weighted by Gasteiger charge is -2.20. The summed E-state index contributed by atoms with van der Waals surface area (Å²) >= 11 is 1.45. The number of hydrogen-bond acceptors (Lipinski definition) is 6. The number of carbonyl (C=O) groups excluding carboxylic acids is 1. The van der Waals surface area contributed by atoms with Crippen LogP contribution in [0.25, 0.3) is 11.3 Å². The molecule has 0 radical (unpaired) electrons. The van der Waals surface area contributed by atoms with E-state index in [9.17, 15) is 4.79 Å². The van der Waals surface area contributed by atoms with Crippen molar-refractivity contribution in [1.82, 2.24) is 4.98 Å². The molecule has 0 atom stereocenters. The van der Waals surface area contributed by atoms with Crippen LogP contribution in [0, 0.1) is 0 Å². The highest BCUT2D eigenvalue weighted by Gasteiger charge is 2.52. The molecule has 1 amide bonds. The molecule has 0 spiro atoms. The van der Waals surface area contributed by atoms with Crippen LogP contribution in [0.1, 0.15) is 32.3 Å². The zero-order valence-corrected chi connectivity index (χ0v) is 18.5. The SMILES string of the molecule is CCN(CC)c1ccc(-c2csc(NC(=O)C3(c4ccc5c(c4)OCO5)CC3)n2)cc1. The van der Waals surface area contributed by atoms with Crippen LogP contribution >= 0.6 is 11.3 Å². The van der Waals surface area contributed by atoms with E-state index in [0.717, 1.165) is 48.5 Å². The van der Waals surface area contributed by atoms with Crippen LogP contribution in [0.3, 0.4) is 0 Å². The molecule has 1 saturated carbocycles. The Labute approximate surface area is 185 Å². The van der Waals surface area contributed by atoms with E-state index in [1.54, 1.807) is 0 Å². The number of ether oxygens (including phenoxy) is 2. The van der Waals surface area contributed by atoms with E-state index in [-0.39, 0.29) is 12.7 Å². The minimum Gasteiger partial charge on any atom is -0.454 e. The lowest BCUT2D eigenvalue weighted by Crippen LogP contribution is -2.27. The summed E-state index contributed by atoms with van der Waals surface area (Å²) in [5.74, 6) is 1.43. The Morgan fingerprint density at radius 2 is 1.84 bits per heavy atom. The van der Waals surface area contributed by atoms with Crippen molar-refractivity contribution in [1.29, 1.82) is 0 Å². The monoisotopic (exact) mass is 435 g/mol. The smallest absolute Gasteiger partial charge is 0.236 e. The van der Waals surface area contributed by atoms with Crippen LogP contribution < -0.4 is 19.7 Å². The van der Waals surface area contributed by atoms with Crippen molar-refractivity contribution in [2.24, 2.45) is 0 Å². The van der Waals surface area contributed by atoms with Gasteiger partial charge in [0.05, 0.1) is 11.1 Å². The molecule has 0 bridgehead atoms. The molecule has 31 heavy (non-hydrogen) atoms. The zero-order valence-electron chi connectivity index (χ0n) is 17.7. The van der Waals surface area contributed by atoms with Gasteiger partial charge in [-0.25, -0.2) is 4.98 Å². The number of anilines is 2. The molecule has 5 rings (SSSR count). The molecule has 1 aliphatic carbocycles. The number of nitrogens with one attached hydrogen (secondary N) is 1. The average molecular weight is 436 g/mol. The van der Waals surface area contributed by atoms with Gasteiger partial charge in [0.1, 0.15) is 0 Å². The predicted octanol–water partition coefficient (Wildman–Crippen LogP) is 5.06. The average Bonchev–Trinajstić information content (AvgIpc) is 3.25. The van der Waals surface area contributed by atoms with Crippen LogP contribution in [0.15, 0.2) is 47.8 Å². The molecular weight excluding hydrogens is 410 g/mol. The van der Waals surface area contributed by atoms with Gasteiger partial charge in [0.2, 0.25) is 12.7 Å². The molecule has 1 N–H and O–H groups in total. The maximum Gasteiger partial charge on any atom is 0.236 e. The van der Waals surface area contributed by atoms with Gasteiger partial charge in [-0.3, -0.25) is 4.79 Å². The molecule has 2 aliphatic rings. The summed E-state index contributed by atoms with van der Waals surface area (Å²) in [4.78, 5) is 20.1. The van der Waals surface area contributed by atoms with Crippen molar-refractivity contribution in [2.45, 2.75) is 32.1 Å². The molecular formula is C24H25N3O3S. The second-order valence-electron chi connectivity index (χ2n) is 7.86. The summed E-state index contributed by atoms with van der Waals surface area (Å²) in [6, 6.07) is 14.2. The number of rotatable bonds is 7. The Morgan fingerprint density at radius 3 is 2.55 bits per heavy atom. The van der Waals surface area contributed by atoms with E-state index in [4.69, 9.17) is 9.47 Å². The third-order valence-electron chi connectivity index (χ3n) is 6.13. The van der Waals surface area contributed by atoms with E-state index in [0.29, 0.717) is 10.9 Å². The van der Waals surface area contributed by atoms with Crippen molar-refractivity contribution >= 4 is 28.1 Å². The number of thiazole rings is 1. The van der Waals surface area contributed by atoms with E-state index in [2.05, 4.69) is 53.3 Å². The van der Waals surface area contributed by atoms with Crippen molar-refractivity contribution in [3.05, 3.63) is 53.4 Å². The lowest BCUT2D eigenvalue weighted by atomic mass is 9.94. The number of fused-ring (bicyclic) bond motifs is 1. The van der Waals surface area contributed by atoms with Gasteiger partial charge in [-0.15, -0.1) is 11.3 Å². The molecule has 1 aromatic heterocycles. The topological polar surface area (TPSA) is 63.7 Å². The number of amides is 1. The van der Waals surface area contributed by atoms with Crippen LogP contribution in [0.4, 0.5) is 10.8 Å². The summed E-state index contributed by atoms with van der Waals surface area (Å²) in [5.41, 5.74) is 3.59. The second kappa shape index (κ2) is 7.89. The Bertz CT molecular complexity index is 1100. The molecule has 1 aliphatic heterocycles. The molecule has 2 aromatic carbocycles. The minimum atomic E-state index is -0.502. The second-order valence-corrected chi connectivity index (χ2v) is 8.72. The quantitative estimate of drug-likeness (QED) is 0.562. The van der Waals surface area contributed by atoms with Gasteiger partial charge < -0.3 is 19.7 Å². The van der Waals surface area contributed by atoms with Crippen LogP contribution in [-0.4, -0.2) is 30.8 Å². The highest BCUT2D eigenvalue weighted by molar-refractivity contribution is 7.14. The third kappa shape index (κ3) is 3.63. The highest BCUT2D eigenvalue weighted by atomic mass is 32.1. The predicted molar refractivity (Wildman–Crippen MR) is 123 cm³/mol. The first kappa shape index (κ1) is 19.9. The normalized spacial score (nSPS) is 15.5. The first-order valence-electron chi connectivity index (χ1n) is 10.7. The first-order valence-corrected chi connectivity index (χ1v) is 11.5. The fraction of sp³-hybridized carbons (Fsp3) is 0.333. The number of carbonyl (C=O) groups is 1. The summed E-state index contributed by atoms with van der Waals surface area (Å²) in [5, 5.41) is 5.65. The van der Waals surface area contributed by atoms with E-state index in [1.165, 1.54) is 17.0 Å². The van der Waals surface area contributed by atoms with Crippen molar-refractivity contribution < 1.29 is 14.3 Å². The van der Waals surface area contributed by atoms with Gasteiger partial charge >= 0.3 is 0 Å². The Hall–Kier alpha value is -3.06. The Balaban J connectivity index is 1.30. The highest BCUT2D eigenvalue weighted by Crippen LogP contribution is 2.51. The van der Waals surface area contributed by atoms with Gasteiger partial charge in [-0.2, -0.15) is 0 Å². The van der Waals surface area contributed by atoms with Crippen LogP contribution in [0.2, 0.25) is 0 Å². The Morgan fingerprint density at radius 1 is 1.10 bits per heavy atom. The van der Waals surface area contributed by atoms with Gasteiger partial charge in [0.25, 0.3) is 0 Å². The molecule has 1 fully saturated rings. The molecule has 3 aromatic rings. The standard InChI is InChI=1S/C24H25N3O3S/c1-3-27(4-2)18-8-5-16(6-9-18)19-14-31-23(25-19)26-22(28)24(11-12-24)17-7-10-20-21(13-17)30-15-29-20/h5-10,13-14H,3-4,11-12,15H2,1-2H3,(H,25,26,28). The van der Waals surface area contributed by atoms with Crippen molar-refractivity contribution in [3.8, 4) is 22.8 Å². The van der Waals surface area contributed by atoms with Crippen molar-refractivity contribution in [2.75, 3.05) is 30.1 Å². The number of hydrogen-bond donors (Lipinski definition) is 1. The van der Waals surface area contributed by atoms with E-state index < -0.39 is 5.41 Å². The molecule has 6 nitrogen and oxygen atoms in total. The largest absolute Gasteiger partial charge is 0.454 e. The minimum absolute atomic E-state index is 0.0100. The zero-order chi connectivity index (χ0) is 21.4. The fourth-order valence-electron chi connectivity index (χ4n) is 4.08. The van der Waals surface area contributed by atoms with Gasteiger partial charge in [0, 0.05) is 29.7 Å². The number of benzene rings is 2. The van der Waals surface area contributed by atoms with Gasteiger partial charge in [0.15, 0.2) is 16.6 Å².